The van der Waals surface area contributed by atoms with E-state index in [1.807, 2.05) is 12.1 Å². The number of carbonyl (C=O) groups is 1. The Kier molecular flexibility index (Phi) is 5.02. The van der Waals surface area contributed by atoms with Gasteiger partial charge in [-0.2, -0.15) is 0 Å². The van der Waals surface area contributed by atoms with Crippen molar-refractivity contribution in [2.24, 2.45) is 23.2 Å². The van der Waals surface area contributed by atoms with Crippen molar-refractivity contribution in [3.63, 3.8) is 0 Å². The van der Waals surface area contributed by atoms with Crippen molar-refractivity contribution in [2.45, 2.75) is 52.2 Å². The number of fused-ring (bicyclic) bond motifs is 2. The molecule has 1 N–H and O–H groups in total. The minimum atomic E-state index is -0.0700. The van der Waals surface area contributed by atoms with Gasteiger partial charge >= 0.3 is 5.97 Å². The molecule has 5 atom stereocenters. The molecule has 2 fully saturated rings. The normalized spacial score (nSPS) is 35.1. The summed E-state index contributed by atoms with van der Waals surface area (Å²) in [5, 5.41) is 3.47. The van der Waals surface area contributed by atoms with E-state index in [1.165, 1.54) is 24.8 Å². The molecule has 1 aromatic rings. The molecular weight excluding hydrogens is 338 g/mol. The Morgan fingerprint density at radius 1 is 1.30 bits per heavy atom. The number of benzene rings is 1. The Balaban J connectivity index is 1.43. The van der Waals surface area contributed by atoms with E-state index in [9.17, 15) is 4.79 Å². The molecule has 0 radical (unpaired) electrons. The monoisotopic (exact) mass is 369 g/mol. The van der Waals surface area contributed by atoms with Crippen LogP contribution in [0, 0.1) is 23.2 Å². The van der Waals surface area contributed by atoms with Gasteiger partial charge in [0.05, 0.1) is 13.0 Å². The zero-order valence-corrected chi connectivity index (χ0v) is 16.7. The number of allylic oxidation sites excluding steroid dienone is 1. The summed E-state index contributed by atoms with van der Waals surface area (Å²) in [4.78, 5) is 12.6. The van der Waals surface area contributed by atoms with Crippen LogP contribution in [-0.4, -0.2) is 25.7 Å². The number of hydrogen-bond donors (Lipinski definition) is 1. The predicted octanol–water partition coefficient (Wildman–Crippen LogP) is 4.10. The maximum Gasteiger partial charge on any atom is 0.311 e. The van der Waals surface area contributed by atoms with Gasteiger partial charge in [-0.15, -0.1) is 0 Å². The maximum absolute atomic E-state index is 12.6. The molecule has 2 aliphatic carbocycles. The fourth-order valence-corrected chi connectivity index (χ4v) is 5.40. The second-order valence-corrected chi connectivity index (χ2v) is 8.82. The molecule has 1 aliphatic heterocycles. The topological polar surface area (TPSA) is 47.6 Å². The number of ether oxygens (including phenoxy) is 2. The summed E-state index contributed by atoms with van der Waals surface area (Å²) in [7, 11) is 1.67. The van der Waals surface area contributed by atoms with E-state index in [0.717, 1.165) is 18.7 Å². The van der Waals surface area contributed by atoms with Gasteiger partial charge in [-0.1, -0.05) is 44.1 Å². The van der Waals surface area contributed by atoms with Crippen LogP contribution in [0.2, 0.25) is 0 Å². The highest BCUT2D eigenvalue weighted by Crippen LogP contribution is 2.53. The first-order chi connectivity index (χ1) is 13.0. The van der Waals surface area contributed by atoms with Crippen LogP contribution in [0.3, 0.4) is 0 Å². The van der Waals surface area contributed by atoms with Crippen LogP contribution < -0.4 is 10.1 Å². The molecule has 0 unspecified atom stereocenters. The van der Waals surface area contributed by atoms with E-state index in [-0.39, 0.29) is 29.3 Å². The summed E-state index contributed by atoms with van der Waals surface area (Å²) in [5.41, 5.74) is 2.99. The van der Waals surface area contributed by atoms with Crippen molar-refractivity contribution in [3.8, 4) is 5.75 Å². The lowest BCUT2D eigenvalue weighted by molar-refractivity contribution is -0.145. The van der Waals surface area contributed by atoms with Crippen molar-refractivity contribution in [3.05, 3.63) is 41.5 Å². The van der Waals surface area contributed by atoms with Gasteiger partial charge < -0.3 is 14.8 Å². The quantitative estimate of drug-likeness (QED) is 0.627. The zero-order chi connectivity index (χ0) is 19.0. The first-order valence-electron chi connectivity index (χ1n) is 10.3. The standard InChI is InChI=1S/C23H31NO3/c1-15-5-4-10-23(2)12-21-18(11-20(15)23)19(22(25)27-21)14-24-13-16-6-8-17(26-3)9-7-16/h6-9,11,15,18-19,21,24H,4-5,10,12-14H2,1-3H3/t15-,18-,19+,21-,23-/m1/s1. The molecule has 4 heteroatoms. The largest absolute Gasteiger partial charge is 0.497 e. The number of methoxy groups -OCH3 is 1. The minimum absolute atomic E-state index is 0.0287. The molecule has 3 aliphatic rings. The molecule has 1 saturated heterocycles. The second kappa shape index (κ2) is 7.31. The number of nitrogens with one attached hydrogen (secondary N) is 1. The van der Waals surface area contributed by atoms with Gasteiger partial charge in [0.1, 0.15) is 11.9 Å². The fourth-order valence-electron chi connectivity index (χ4n) is 5.40. The first kappa shape index (κ1) is 18.5. The molecule has 4 nitrogen and oxygen atoms in total. The summed E-state index contributed by atoms with van der Waals surface area (Å²) < 4.78 is 11.0. The average molecular weight is 370 g/mol. The number of hydrogen-bond acceptors (Lipinski definition) is 4. The summed E-state index contributed by atoms with van der Waals surface area (Å²) in [5.74, 6) is 1.62. The Labute approximate surface area is 162 Å². The third-order valence-electron chi connectivity index (χ3n) is 6.93. The van der Waals surface area contributed by atoms with Crippen molar-refractivity contribution in [2.75, 3.05) is 13.7 Å². The van der Waals surface area contributed by atoms with Gasteiger partial charge in [0, 0.05) is 19.0 Å². The van der Waals surface area contributed by atoms with Crippen LogP contribution in [0.1, 0.15) is 45.1 Å². The molecule has 146 valence electrons. The van der Waals surface area contributed by atoms with Crippen LogP contribution in [0.4, 0.5) is 0 Å². The third kappa shape index (κ3) is 3.52. The molecule has 1 saturated carbocycles. The molecule has 0 bridgehead atoms. The van der Waals surface area contributed by atoms with Gasteiger partial charge in [0.2, 0.25) is 0 Å². The lowest BCUT2D eigenvalue weighted by atomic mass is 9.59. The van der Waals surface area contributed by atoms with E-state index in [1.54, 1.807) is 12.7 Å². The van der Waals surface area contributed by atoms with Crippen LogP contribution in [0.15, 0.2) is 35.9 Å². The maximum atomic E-state index is 12.6. The Morgan fingerprint density at radius 2 is 2.07 bits per heavy atom. The van der Waals surface area contributed by atoms with Gasteiger partial charge in [-0.05, 0) is 48.3 Å². The van der Waals surface area contributed by atoms with Crippen LogP contribution >= 0.6 is 0 Å². The third-order valence-corrected chi connectivity index (χ3v) is 6.93. The number of carbonyl (C=O) groups excluding carboxylic acids is 1. The van der Waals surface area contributed by atoms with E-state index in [0.29, 0.717) is 12.5 Å². The SMILES string of the molecule is COc1ccc(CNC[C@@H]2C(=O)O[C@@H]3C[C@@]4(C)CCC[C@@H](C)C4=C[C@H]23)cc1. The highest BCUT2D eigenvalue weighted by Gasteiger charge is 2.51. The second-order valence-electron chi connectivity index (χ2n) is 8.82. The highest BCUT2D eigenvalue weighted by atomic mass is 16.6. The molecule has 0 spiro atoms. The van der Waals surface area contributed by atoms with Crippen LogP contribution in [0.5, 0.6) is 5.75 Å². The van der Waals surface area contributed by atoms with Crippen molar-refractivity contribution in [1.82, 2.24) is 5.32 Å². The Morgan fingerprint density at radius 3 is 2.81 bits per heavy atom. The summed E-state index contributed by atoms with van der Waals surface area (Å²) in [6, 6.07) is 8.04. The highest BCUT2D eigenvalue weighted by molar-refractivity contribution is 5.76. The van der Waals surface area contributed by atoms with Crippen LogP contribution in [-0.2, 0) is 16.1 Å². The molecule has 0 aromatic heterocycles. The summed E-state index contributed by atoms with van der Waals surface area (Å²) >= 11 is 0. The van der Waals surface area contributed by atoms with E-state index in [4.69, 9.17) is 9.47 Å². The molecule has 27 heavy (non-hydrogen) atoms. The van der Waals surface area contributed by atoms with E-state index in [2.05, 4.69) is 37.4 Å². The lowest BCUT2D eigenvalue weighted by Gasteiger charge is -2.46. The van der Waals surface area contributed by atoms with Gasteiger partial charge in [0.15, 0.2) is 0 Å². The smallest absolute Gasteiger partial charge is 0.311 e. The lowest BCUT2D eigenvalue weighted by Crippen LogP contribution is -2.40. The van der Waals surface area contributed by atoms with Gasteiger partial charge in [-0.3, -0.25) is 4.79 Å². The van der Waals surface area contributed by atoms with E-state index < -0.39 is 0 Å². The molecule has 1 heterocycles. The molecule has 4 rings (SSSR count). The molecular formula is C23H31NO3. The van der Waals surface area contributed by atoms with Crippen molar-refractivity contribution >= 4 is 5.97 Å². The fraction of sp³-hybridized carbons (Fsp3) is 0.609. The average Bonchev–Trinajstić information content (AvgIpc) is 2.95. The Hall–Kier alpha value is -1.81. The molecule has 1 aromatic carbocycles. The van der Waals surface area contributed by atoms with Crippen LogP contribution in [0.25, 0.3) is 0 Å². The molecule has 0 amide bonds. The predicted molar refractivity (Wildman–Crippen MR) is 105 cm³/mol. The zero-order valence-electron chi connectivity index (χ0n) is 16.7. The minimum Gasteiger partial charge on any atom is -0.497 e. The number of esters is 1. The number of rotatable bonds is 5. The van der Waals surface area contributed by atoms with E-state index >= 15 is 0 Å². The summed E-state index contributed by atoms with van der Waals surface area (Å²) in [6.45, 7) is 6.13. The Bertz CT molecular complexity index is 726. The first-order valence-corrected chi connectivity index (χ1v) is 10.3. The summed E-state index contributed by atoms with van der Waals surface area (Å²) in [6.07, 6.45) is 7.26. The van der Waals surface area contributed by atoms with Gasteiger partial charge in [0.25, 0.3) is 0 Å². The van der Waals surface area contributed by atoms with Crippen molar-refractivity contribution in [1.29, 1.82) is 0 Å². The van der Waals surface area contributed by atoms with Crippen molar-refractivity contribution < 1.29 is 14.3 Å². The van der Waals surface area contributed by atoms with Gasteiger partial charge in [-0.25, -0.2) is 0 Å².